The molecule has 2 aromatic rings. The third kappa shape index (κ3) is 4.96. The van der Waals surface area contributed by atoms with Gasteiger partial charge in [-0.3, -0.25) is 4.79 Å². The highest BCUT2D eigenvalue weighted by Crippen LogP contribution is 2.26. The molecule has 0 unspecified atom stereocenters. The van der Waals surface area contributed by atoms with Gasteiger partial charge in [0.2, 0.25) is 5.91 Å². The number of amides is 1. The quantitative estimate of drug-likeness (QED) is 0.738. The van der Waals surface area contributed by atoms with Crippen LogP contribution in [0.5, 0.6) is 0 Å². The Labute approximate surface area is 139 Å². The molecule has 0 aliphatic carbocycles. The Morgan fingerprint density at radius 1 is 1.10 bits per heavy atom. The smallest absolute Gasteiger partial charge is 0.234 e. The van der Waals surface area contributed by atoms with Crippen LogP contribution < -0.4 is 5.32 Å². The van der Waals surface area contributed by atoms with Gasteiger partial charge in [-0.1, -0.05) is 46.3 Å². The maximum Gasteiger partial charge on any atom is 0.234 e. The summed E-state index contributed by atoms with van der Waals surface area (Å²) in [5, 5.41) is 2.90. The van der Waals surface area contributed by atoms with Gasteiger partial charge < -0.3 is 5.32 Å². The van der Waals surface area contributed by atoms with Crippen LogP contribution in [0.3, 0.4) is 0 Å². The van der Waals surface area contributed by atoms with Crippen molar-refractivity contribution >= 4 is 55.2 Å². The van der Waals surface area contributed by atoms with Crippen LogP contribution in [0.25, 0.3) is 0 Å². The van der Waals surface area contributed by atoms with Gasteiger partial charge in [-0.2, -0.15) is 0 Å². The summed E-state index contributed by atoms with van der Waals surface area (Å²) in [5.74, 6) is 1.29. The van der Waals surface area contributed by atoms with Crippen LogP contribution in [-0.4, -0.2) is 11.7 Å². The lowest BCUT2D eigenvalue weighted by molar-refractivity contribution is -0.113. The van der Waals surface area contributed by atoms with Gasteiger partial charge in [-0.15, -0.1) is 11.8 Å². The third-order valence-electron chi connectivity index (χ3n) is 2.55. The van der Waals surface area contributed by atoms with E-state index in [0.29, 0.717) is 5.75 Å². The van der Waals surface area contributed by atoms with Gasteiger partial charge >= 0.3 is 0 Å². The molecule has 1 N–H and O–H groups in total. The van der Waals surface area contributed by atoms with Crippen LogP contribution in [0.2, 0.25) is 0 Å². The molecule has 0 saturated carbocycles. The van der Waals surface area contributed by atoms with Gasteiger partial charge in [-0.25, -0.2) is 0 Å². The van der Waals surface area contributed by atoms with E-state index in [1.165, 1.54) is 5.56 Å². The summed E-state index contributed by atoms with van der Waals surface area (Å²) in [7, 11) is 0. The summed E-state index contributed by atoms with van der Waals surface area (Å²) in [6.07, 6.45) is 0. The van der Waals surface area contributed by atoms with E-state index in [4.69, 9.17) is 0 Å². The molecule has 0 aliphatic heterocycles. The maximum absolute atomic E-state index is 11.9. The van der Waals surface area contributed by atoms with Crippen molar-refractivity contribution in [1.29, 1.82) is 0 Å². The standard InChI is InChI=1S/C15H13Br2NOS/c16-12-6-7-14(13(17)8-12)18-15(19)10-20-9-11-4-2-1-3-5-11/h1-8H,9-10H2,(H,18,19). The minimum Gasteiger partial charge on any atom is -0.324 e. The predicted octanol–water partition coefficient (Wildman–Crippen LogP) is 5.08. The lowest BCUT2D eigenvalue weighted by Gasteiger charge is -2.07. The van der Waals surface area contributed by atoms with E-state index < -0.39 is 0 Å². The molecule has 1 amide bonds. The average molecular weight is 415 g/mol. The van der Waals surface area contributed by atoms with Gasteiger partial charge in [-0.05, 0) is 39.7 Å². The number of carbonyl (C=O) groups is 1. The second kappa shape index (κ2) is 7.86. The molecule has 20 heavy (non-hydrogen) atoms. The molecule has 104 valence electrons. The van der Waals surface area contributed by atoms with E-state index in [0.717, 1.165) is 20.4 Å². The molecule has 0 radical (unpaired) electrons. The normalized spacial score (nSPS) is 10.3. The molecular weight excluding hydrogens is 402 g/mol. The number of carbonyl (C=O) groups excluding carboxylic acids is 1. The molecule has 0 aliphatic rings. The molecule has 0 spiro atoms. The van der Waals surface area contributed by atoms with Crippen LogP contribution in [0, 0.1) is 0 Å². The van der Waals surface area contributed by atoms with E-state index in [2.05, 4.69) is 49.3 Å². The first kappa shape index (κ1) is 15.6. The summed E-state index contributed by atoms with van der Waals surface area (Å²) in [6.45, 7) is 0. The predicted molar refractivity (Wildman–Crippen MR) is 93.1 cm³/mol. The van der Waals surface area contributed by atoms with Gasteiger partial charge in [0.1, 0.15) is 0 Å². The first-order valence-electron chi connectivity index (χ1n) is 6.02. The summed E-state index contributed by atoms with van der Waals surface area (Å²) in [6, 6.07) is 15.8. The number of thioether (sulfide) groups is 1. The molecule has 2 aromatic carbocycles. The number of rotatable bonds is 5. The van der Waals surface area contributed by atoms with Gasteiger partial charge in [0.15, 0.2) is 0 Å². The Morgan fingerprint density at radius 3 is 2.55 bits per heavy atom. The molecule has 0 fully saturated rings. The van der Waals surface area contributed by atoms with E-state index in [9.17, 15) is 4.79 Å². The number of benzene rings is 2. The molecule has 5 heteroatoms. The molecular formula is C15H13Br2NOS. The highest BCUT2D eigenvalue weighted by atomic mass is 79.9. The van der Waals surface area contributed by atoms with Crippen LogP contribution in [0.1, 0.15) is 5.56 Å². The Bertz CT molecular complexity index is 590. The van der Waals surface area contributed by atoms with Crippen molar-refractivity contribution in [3.63, 3.8) is 0 Å². The lowest BCUT2D eigenvalue weighted by Crippen LogP contribution is -2.14. The molecule has 2 rings (SSSR count). The van der Waals surface area contributed by atoms with Crippen LogP contribution in [0.15, 0.2) is 57.5 Å². The lowest BCUT2D eigenvalue weighted by atomic mass is 10.2. The Kier molecular flexibility index (Phi) is 6.13. The highest BCUT2D eigenvalue weighted by molar-refractivity contribution is 9.11. The minimum atomic E-state index is 0.00829. The fourth-order valence-electron chi connectivity index (χ4n) is 1.61. The van der Waals surface area contributed by atoms with Crippen molar-refractivity contribution in [1.82, 2.24) is 0 Å². The highest BCUT2D eigenvalue weighted by Gasteiger charge is 2.06. The van der Waals surface area contributed by atoms with Crippen molar-refractivity contribution in [3.8, 4) is 0 Å². The largest absolute Gasteiger partial charge is 0.324 e. The second-order valence-electron chi connectivity index (χ2n) is 4.15. The van der Waals surface area contributed by atoms with Crippen molar-refractivity contribution in [2.45, 2.75) is 5.75 Å². The zero-order chi connectivity index (χ0) is 14.4. The van der Waals surface area contributed by atoms with Crippen LogP contribution >= 0.6 is 43.6 Å². The zero-order valence-corrected chi connectivity index (χ0v) is 14.6. The number of halogens is 2. The van der Waals surface area contributed by atoms with Crippen LogP contribution in [-0.2, 0) is 10.5 Å². The molecule has 0 bridgehead atoms. The summed E-state index contributed by atoms with van der Waals surface area (Å²) < 4.78 is 1.84. The number of anilines is 1. The Morgan fingerprint density at radius 2 is 1.85 bits per heavy atom. The Balaban J connectivity index is 1.81. The number of nitrogens with one attached hydrogen (secondary N) is 1. The number of hydrogen-bond acceptors (Lipinski definition) is 2. The van der Waals surface area contributed by atoms with E-state index in [1.807, 2.05) is 36.4 Å². The van der Waals surface area contributed by atoms with E-state index in [1.54, 1.807) is 11.8 Å². The van der Waals surface area contributed by atoms with Crippen molar-refractivity contribution < 1.29 is 4.79 Å². The SMILES string of the molecule is O=C(CSCc1ccccc1)Nc1ccc(Br)cc1Br. The zero-order valence-electron chi connectivity index (χ0n) is 10.6. The first-order chi connectivity index (χ1) is 9.65. The van der Waals surface area contributed by atoms with E-state index >= 15 is 0 Å². The van der Waals surface area contributed by atoms with Crippen LogP contribution in [0.4, 0.5) is 5.69 Å². The fraction of sp³-hybridized carbons (Fsp3) is 0.133. The third-order valence-corrected chi connectivity index (χ3v) is 4.70. The Hall–Kier alpha value is -0.780. The number of hydrogen-bond donors (Lipinski definition) is 1. The van der Waals surface area contributed by atoms with Gasteiger partial charge in [0.05, 0.1) is 11.4 Å². The monoisotopic (exact) mass is 413 g/mol. The van der Waals surface area contributed by atoms with E-state index in [-0.39, 0.29) is 5.91 Å². The molecule has 2 nitrogen and oxygen atoms in total. The fourth-order valence-corrected chi connectivity index (χ4v) is 3.55. The average Bonchev–Trinajstić information content (AvgIpc) is 2.43. The maximum atomic E-state index is 11.9. The second-order valence-corrected chi connectivity index (χ2v) is 6.91. The van der Waals surface area contributed by atoms with Crippen molar-refractivity contribution in [2.24, 2.45) is 0 Å². The molecule has 0 saturated heterocycles. The first-order valence-corrected chi connectivity index (χ1v) is 8.76. The molecule has 0 heterocycles. The van der Waals surface area contributed by atoms with Gasteiger partial charge in [0, 0.05) is 14.7 Å². The van der Waals surface area contributed by atoms with Crippen molar-refractivity contribution in [3.05, 3.63) is 63.0 Å². The topological polar surface area (TPSA) is 29.1 Å². The van der Waals surface area contributed by atoms with Gasteiger partial charge in [0.25, 0.3) is 0 Å². The van der Waals surface area contributed by atoms with Crippen molar-refractivity contribution in [2.75, 3.05) is 11.1 Å². The summed E-state index contributed by atoms with van der Waals surface area (Å²) in [5.41, 5.74) is 2.02. The summed E-state index contributed by atoms with van der Waals surface area (Å²) in [4.78, 5) is 11.9. The molecule has 0 atom stereocenters. The summed E-state index contributed by atoms with van der Waals surface area (Å²) >= 11 is 8.42. The minimum absolute atomic E-state index is 0.00829. The molecule has 0 aromatic heterocycles.